The molecule has 0 radical (unpaired) electrons. The van der Waals surface area contributed by atoms with E-state index in [0.29, 0.717) is 12.4 Å². The van der Waals surface area contributed by atoms with Gasteiger partial charge in [-0.2, -0.15) is 5.10 Å². The molecule has 0 aliphatic carbocycles. The van der Waals surface area contributed by atoms with Gasteiger partial charge in [-0.05, 0) is 58.0 Å². The maximum atomic E-state index is 13.1. The summed E-state index contributed by atoms with van der Waals surface area (Å²) in [7, 11) is 0. The molecule has 0 spiro atoms. The lowest BCUT2D eigenvalue weighted by Gasteiger charge is -2.24. The summed E-state index contributed by atoms with van der Waals surface area (Å²) in [6.07, 6.45) is 2.46. The number of hydrogen-bond donors (Lipinski definition) is 0. The average Bonchev–Trinajstić information content (AvgIpc) is 3.37. The first-order valence-electron chi connectivity index (χ1n) is 9.64. The molecule has 1 fully saturated rings. The number of aromatic nitrogens is 4. The molecule has 0 bridgehead atoms. The highest BCUT2D eigenvalue weighted by molar-refractivity contribution is 7.10. The van der Waals surface area contributed by atoms with E-state index in [4.69, 9.17) is 0 Å². The zero-order valence-electron chi connectivity index (χ0n) is 16.8. The molecule has 0 aromatic carbocycles. The van der Waals surface area contributed by atoms with Gasteiger partial charge in [-0.1, -0.05) is 6.07 Å². The van der Waals surface area contributed by atoms with Crippen molar-refractivity contribution in [3.05, 3.63) is 56.8 Å². The second-order valence-electron chi connectivity index (χ2n) is 7.45. The molecular weight excluding hydrogens is 370 g/mol. The summed E-state index contributed by atoms with van der Waals surface area (Å²) < 4.78 is 1.76. The number of hydrogen-bond acceptors (Lipinski definition) is 5. The third kappa shape index (κ3) is 3.46. The molecule has 28 heavy (non-hydrogen) atoms. The molecule has 1 unspecified atom stereocenters. The number of carbonyl (C=O) groups is 1. The van der Waals surface area contributed by atoms with Gasteiger partial charge >= 0.3 is 0 Å². The van der Waals surface area contributed by atoms with Crippen LogP contribution in [0, 0.1) is 27.7 Å². The molecule has 1 saturated heterocycles. The van der Waals surface area contributed by atoms with Crippen molar-refractivity contribution < 1.29 is 4.79 Å². The Morgan fingerprint density at radius 3 is 2.64 bits per heavy atom. The van der Waals surface area contributed by atoms with Gasteiger partial charge in [0.15, 0.2) is 0 Å². The number of likely N-dealkylation sites (tertiary alicyclic amines) is 1. The van der Waals surface area contributed by atoms with Crippen LogP contribution in [0.2, 0.25) is 0 Å². The van der Waals surface area contributed by atoms with E-state index in [-0.39, 0.29) is 11.9 Å². The minimum atomic E-state index is 0.169. The summed E-state index contributed by atoms with van der Waals surface area (Å²) in [6, 6.07) is 6.35. The summed E-state index contributed by atoms with van der Waals surface area (Å²) in [5.74, 6) is 0.734. The fraction of sp³-hybridized carbons (Fsp3) is 0.429. The van der Waals surface area contributed by atoms with Gasteiger partial charge in [-0.25, -0.2) is 14.6 Å². The third-order valence-corrected chi connectivity index (χ3v) is 6.35. The van der Waals surface area contributed by atoms with Gasteiger partial charge in [-0.3, -0.25) is 4.79 Å². The first kappa shape index (κ1) is 18.8. The molecule has 6 nitrogen and oxygen atoms in total. The number of nitrogens with zero attached hydrogens (tertiary/aromatic N) is 5. The van der Waals surface area contributed by atoms with Crippen LogP contribution in [0.4, 0.5) is 0 Å². The first-order chi connectivity index (χ1) is 13.4. The second kappa shape index (κ2) is 7.47. The van der Waals surface area contributed by atoms with Gasteiger partial charge < -0.3 is 4.90 Å². The van der Waals surface area contributed by atoms with Crippen molar-refractivity contribution in [2.45, 2.75) is 53.0 Å². The monoisotopic (exact) mass is 395 g/mol. The zero-order valence-corrected chi connectivity index (χ0v) is 17.6. The van der Waals surface area contributed by atoms with Gasteiger partial charge in [0.2, 0.25) is 5.91 Å². The summed E-state index contributed by atoms with van der Waals surface area (Å²) in [6.45, 7) is 8.67. The highest BCUT2D eigenvalue weighted by Crippen LogP contribution is 2.35. The van der Waals surface area contributed by atoms with E-state index >= 15 is 0 Å². The van der Waals surface area contributed by atoms with Crippen LogP contribution < -0.4 is 0 Å². The van der Waals surface area contributed by atoms with E-state index in [0.717, 1.165) is 47.7 Å². The molecule has 7 heteroatoms. The molecule has 1 amide bonds. The maximum Gasteiger partial charge on any atom is 0.251 e. The van der Waals surface area contributed by atoms with Crippen molar-refractivity contribution in [3.8, 4) is 5.95 Å². The lowest BCUT2D eigenvalue weighted by Crippen LogP contribution is -2.31. The van der Waals surface area contributed by atoms with E-state index in [9.17, 15) is 4.79 Å². The smallest absolute Gasteiger partial charge is 0.251 e. The average molecular weight is 396 g/mol. The van der Waals surface area contributed by atoms with Crippen molar-refractivity contribution in [1.82, 2.24) is 24.6 Å². The van der Waals surface area contributed by atoms with E-state index < -0.39 is 0 Å². The van der Waals surface area contributed by atoms with Crippen molar-refractivity contribution in [1.29, 1.82) is 0 Å². The Morgan fingerprint density at radius 1 is 1.21 bits per heavy atom. The molecule has 1 atom stereocenters. The normalized spacial score (nSPS) is 16.7. The Bertz CT molecular complexity index is 988. The Kier molecular flexibility index (Phi) is 5.02. The molecule has 146 valence electrons. The van der Waals surface area contributed by atoms with Crippen molar-refractivity contribution in [2.24, 2.45) is 0 Å². The standard InChI is InChI=1S/C21H25N5OS/c1-13-11-14(2)23-21(22-13)26-16(4)17(15(3)24-26)12-20(27)25-9-5-7-18(25)19-8-6-10-28-19/h6,8,10-11,18H,5,7,9,12H2,1-4H3. The third-order valence-electron chi connectivity index (χ3n) is 5.37. The van der Waals surface area contributed by atoms with Crippen LogP contribution in [0.15, 0.2) is 23.6 Å². The van der Waals surface area contributed by atoms with E-state index in [2.05, 4.69) is 32.6 Å². The molecule has 0 saturated carbocycles. The molecule has 4 rings (SSSR count). The van der Waals surface area contributed by atoms with Crippen LogP contribution in [0.5, 0.6) is 0 Å². The van der Waals surface area contributed by atoms with Crippen LogP contribution >= 0.6 is 11.3 Å². The summed E-state index contributed by atoms with van der Waals surface area (Å²) in [4.78, 5) is 25.5. The van der Waals surface area contributed by atoms with E-state index in [1.165, 1.54) is 4.88 Å². The SMILES string of the molecule is Cc1cc(C)nc(-n2nc(C)c(CC(=O)N3CCCC3c3cccs3)c2C)n1. The number of thiophene rings is 1. The quantitative estimate of drug-likeness (QED) is 0.673. The maximum absolute atomic E-state index is 13.1. The fourth-order valence-corrected chi connectivity index (χ4v) is 4.90. The Hall–Kier alpha value is -2.54. The fourth-order valence-electron chi connectivity index (χ4n) is 4.02. The van der Waals surface area contributed by atoms with Gasteiger partial charge in [0.1, 0.15) is 0 Å². The molecule has 3 aromatic heterocycles. The molecule has 1 aliphatic heterocycles. The number of rotatable bonds is 4. The Morgan fingerprint density at radius 2 is 1.96 bits per heavy atom. The second-order valence-corrected chi connectivity index (χ2v) is 8.43. The molecule has 1 aliphatic rings. The number of aryl methyl sites for hydroxylation is 3. The molecular formula is C21H25N5OS. The van der Waals surface area contributed by atoms with E-state index in [1.807, 2.05) is 38.7 Å². The van der Waals surface area contributed by atoms with E-state index in [1.54, 1.807) is 16.0 Å². The Balaban J connectivity index is 1.60. The summed E-state index contributed by atoms with van der Waals surface area (Å²) >= 11 is 1.73. The minimum absolute atomic E-state index is 0.169. The van der Waals surface area contributed by atoms with Crippen LogP contribution in [0.25, 0.3) is 5.95 Å². The zero-order chi connectivity index (χ0) is 19.8. The van der Waals surface area contributed by atoms with Gasteiger partial charge in [0.05, 0.1) is 18.2 Å². The number of carbonyl (C=O) groups excluding carboxylic acids is 1. The summed E-state index contributed by atoms with van der Waals surface area (Å²) in [5.41, 5.74) is 4.58. The predicted molar refractivity (Wildman–Crippen MR) is 110 cm³/mol. The van der Waals surface area contributed by atoms with Crippen molar-refractivity contribution >= 4 is 17.2 Å². The van der Waals surface area contributed by atoms with Crippen LogP contribution in [0.3, 0.4) is 0 Å². The largest absolute Gasteiger partial charge is 0.335 e. The molecule has 4 heterocycles. The lowest BCUT2D eigenvalue weighted by molar-refractivity contribution is -0.131. The highest BCUT2D eigenvalue weighted by Gasteiger charge is 2.31. The highest BCUT2D eigenvalue weighted by atomic mass is 32.1. The van der Waals surface area contributed by atoms with Crippen LogP contribution in [-0.2, 0) is 11.2 Å². The van der Waals surface area contributed by atoms with Crippen LogP contribution in [-0.4, -0.2) is 37.1 Å². The minimum Gasteiger partial charge on any atom is -0.335 e. The van der Waals surface area contributed by atoms with Crippen LogP contribution in [0.1, 0.15) is 52.1 Å². The van der Waals surface area contributed by atoms with Crippen molar-refractivity contribution in [3.63, 3.8) is 0 Å². The van der Waals surface area contributed by atoms with Gasteiger partial charge in [-0.15, -0.1) is 11.3 Å². The molecule has 3 aromatic rings. The van der Waals surface area contributed by atoms with Gasteiger partial charge in [0, 0.05) is 34.1 Å². The topological polar surface area (TPSA) is 63.9 Å². The Labute approximate surface area is 169 Å². The van der Waals surface area contributed by atoms with Crippen molar-refractivity contribution in [2.75, 3.05) is 6.54 Å². The predicted octanol–water partition coefficient (Wildman–Crippen LogP) is 3.86. The first-order valence-corrected chi connectivity index (χ1v) is 10.5. The molecule has 0 N–H and O–H groups in total. The van der Waals surface area contributed by atoms with Gasteiger partial charge in [0.25, 0.3) is 5.95 Å². The summed E-state index contributed by atoms with van der Waals surface area (Å²) in [5, 5.41) is 6.72. The number of amides is 1. The lowest BCUT2D eigenvalue weighted by atomic mass is 10.1.